The number of hydrogen-bond acceptors (Lipinski definition) is 2. The molecule has 2 rings (SSSR count). The Hall–Kier alpha value is -1.24. The van der Waals surface area contributed by atoms with Crippen LogP contribution in [0.5, 0.6) is 0 Å². The SMILES string of the molecule is C=C(Br)/S(=N\S(=O)(=O)c1ccc(C)cc1)c1ccccc1. The molecule has 0 aliphatic rings. The summed E-state index contributed by atoms with van der Waals surface area (Å²) in [6.07, 6.45) is 0. The predicted octanol–water partition coefficient (Wildman–Crippen LogP) is 4.41. The molecule has 0 radical (unpaired) electrons. The Morgan fingerprint density at radius 3 is 2.19 bits per heavy atom. The fourth-order valence-electron chi connectivity index (χ4n) is 1.61. The van der Waals surface area contributed by atoms with Crippen LogP contribution in [0.25, 0.3) is 0 Å². The van der Waals surface area contributed by atoms with Crippen LogP contribution < -0.4 is 0 Å². The molecule has 0 heterocycles. The number of hydrogen-bond donors (Lipinski definition) is 0. The molecule has 1 unspecified atom stereocenters. The maximum absolute atomic E-state index is 12.4. The van der Waals surface area contributed by atoms with E-state index in [2.05, 4.69) is 26.3 Å². The van der Waals surface area contributed by atoms with Crippen molar-refractivity contribution in [2.75, 3.05) is 0 Å². The highest BCUT2D eigenvalue weighted by atomic mass is 79.9. The molecule has 21 heavy (non-hydrogen) atoms. The van der Waals surface area contributed by atoms with Gasteiger partial charge in [-0.3, -0.25) is 0 Å². The smallest absolute Gasteiger partial charge is 0.199 e. The topological polar surface area (TPSA) is 46.5 Å². The van der Waals surface area contributed by atoms with Crippen molar-refractivity contribution in [3.05, 3.63) is 70.6 Å². The van der Waals surface area contributed by atoms with Crippen LogP contribution in [-0.2, 0) is 20.7 Å². The van der Waals surface area contributed by atoms with Gasteiger partial charge in [0.1, 0.15) is 0 Å². The predicted molar refractivity (Wildman–Crippen MR) is 90.9 cm³/mol. The second kappa shape index (κ2) is 6.68. The Morgan fingerprint density at radius 1 is 1.10 bits per heavy atom. The second-order valence-corrected chi connectivity index (χ2v) is 9.35. The van der Waals surface area contributed by atoms with Crippen LogP contribution in [0.4, 0.5) is 0 Å². The Balaban J connectivity index is 2.52. The number of rotatable bonds is 4. The average molecular weight is 384 g/mol. The summed E-state index contributed by atoms with van der Waals surface area (Å²) in [5.74, 6) is 0. The van der Waals surface area contributed by atoms with E-state index in [4.69, 9.17) is 0 Å². The fourth-order valence-corrected chi connectivity index (χ4v) is 5.65. The molecule has 1 atom stereocenters. The molecule has 3 nitrogen and oxygen atoms in total. The van der Waals surface area contributed by atoms with E-state index in [1.807, 2.05) is 37.3 Å². The van der Waals surface area contributed by atoms with Crippen LogP contribution in [0, 0.1) is 6.92 Å². The Bertz CT molecular complexity index is 782. The van der Waals surface area contributed by atoms with E-state index in [1.165, 1.54) is 0 Å². The molecule has 0 aliphatic heterocycles. The molecule has 2 aromatic carbocycles. The molecule has 0 fully saturated rings. The fraction of sp³-hybridized carbons (Fsp3) is 0.0667. The van der Waals surface area contributed by atoms with Crippen molar-refractivity contribution in [2.24, 2.45) is 3.77 Å². The molecule has 0 bridgehead atoms. The van der Waals surface area contributed by atoms with E-state index >= 15 is 0 Å². The van der Waals surface area contributed by atoms with E-state index in [9.17, 15) is 8.42 Å². The van der Waals surface area contributed by atoms with Crippen molar-refractivity contribution >= 4 is 36.6 Å². The van der Waals surface area contributed by atoms with Gasteiger partial charge in [-0.2, -0.15) is 8.42 Å². The molecule has 6 heteroatoms. The first-order valence-electron chi connectivity index (χ1n) is 6.09. The summed E-state index contributed by atoms with van der Waals surface area (Å²) in [6, 6.07) is 15.9. The van der Waals surface area contributed by atoms with Gasteiger partial charge in [0.05, 0.1) is 8.71 Å². The highest BCUT2D eigenvalue weighted by molar-refractivity contribution is 9.13. The van der Waals surface area contributed by atoms with Gasteiger partial charge in [0.2, 0.25) is 0 Å². The van der Waals surface area contributed by atoms with Crippen molar-refractivity contribution in [1.82, 2.24) is 0 Å². The van der Waals surface area contributed by atoms with Crippen molar-refractivity contribution in [2.45, 2.75) is 16.7 Å². The first kappa shape index (κ1) is 16.1. The summed E-state index contributed by atoms with van der Waals surface area (Å²) < 4.78 is 29.4. The molecule has 0 saturated heterocycles. The summed E-state index contributed by atoms with van der Waals surface area (Å²) in [5, 5.41) is 0. The molecular weight excluding hydrogens is 370 g/mol. The van der Waals surface area contributed by atoms with Gasteiger partial charge < -0.3 is 0 Å². The van der Waals surface area contributed by atoms with Crippen LogP contribution in [0.1, 0.15) is 5.56 Å². The largest absolute Gasteiger partial charge is 0.288 e. The lowest BCUT2D eigenvalue weighted by Gasteiger charge is -2.07. The van der Waals surface area contributed by atoms with E-state index < -0.39 is 20.7 Å². The third-order valence-corrected chi connectivity index (χ3v) is 6.98. The molecule has 0 N–H and O–H groups in total. The molecular formula is C15H14BrNO2S2. The normalized spacial score (nSPS) is 13.0. The third kappa shape index (κ3) is 4.12. The lowest BCUT2D eigenvalue weighted by atomic mass is 10.2. The van der Waals surface area contributed by atoms with Crippen LogP contribution in [0.15, 0.2) is 78.5 Å². The number of sulfonamides is 1. The van der Waals surface area contributed by atoms with Crippen LogP contribution in [-0.4, -0.2) is 8.42 Å². The molecule has 110 valence electrons. The van der Waals surface area contributed by atoms with Crippen LogP contribution in [0.2, 0.25) is 0 Å². The number of aryl methyl sites for hydroxylation is 1. The van der Waals surface area contributed by atoms with Crippen molar-refractivity contribution in [3.63, 3.8) is 0 Å². The van der Waals surface area contributed by atoms with Gasteiger partial charge in [0, 0.05) is 4.90 Å². The summed E-state index contributed by atoms with van der Waals surface area (Å²) in [4.78, 5) is 0.991. The zero-order chi connectivity index (χ0) is 15.5. The van der Waals surface area contributed by atoms with Gasteiger partial charge >= 0.3 is 0 Å². The van der Waals surface area contributed by atoms with E-state index in [1.54, 1.807) is 24.3 Å². The van der Waals surface area contributed by atoms with E-state index in [0.29, 0.717) is 3.81 Å². The summed E-state index contributed by atoms with van der Waals surface area (Å²) in [5.41, 5.74) is 1.00. The van der Waals surface area contributed by atoms with Gasteiger partial charge in [-0.15, -0.1) is 3.77 Å². The molecule has 2 aromatic rings. The monoisotopic (exact) mass is 383 g/mol. The maximum Gasteiger partial charge on any atom is 0.288 e. The first-order chi connectivity index (χ1) is 9.90. The van der Waals surface area contributed by atoms with E-state index in [0.717, 1.165) is 10.5 Å². The van der Waals surface area contributed by atoms with Gasteiger partial charge in [-0.05, 0) is 57.8 Å². The quantitative estimate of drug-likeness (QED) is 0.784. The minimum absolute atomic E-state index is 0.190. The summed E-state index contributed by atoms with van der Waals surface area (Å²) in [6.45, 7) is 5.70. The first-order valence-corrected chi connectivity index (χ1v) is 9.50. The van der Waals surface area contributed by atoms with Crippen molar-refractivity contribution in [3.8, 4) is 0 Å². The van der Waals surface area contributed by atoms with Crippen LogP contribution in [0.3, 0.4) is 0 Å². The second-order valence-electron chi connectivity index (χ2n) is 4.32. The lowest BCUT2D eigenvalue weighted by Crippen LogP contribution is -2.01. The molecule has 0 spiro atoms. The summed E-state index contributed by atoms with van der Waals surface area (Å²) in [7, 11) is -4.68. The van der Waals surface area contributed by atoms with Crippen molar-refractivity contribution < 1.29 is 8.42 Å². The zero-order valence-corrected chi connectivity index (χ0v) is 14.6. The minimum atomic E-state index is -3.72. The summed E-state index contributed by atoms with van der Waals surface area (Å²) >= 11 is 3.27. The van der Waals surface area contributed by atoms with E-state index in [-0.39, 0.29) is 4.90 Å². The third-order valence-electron chi connectivity index (χ3n) is 2.67. The standard InChI is InChI=1S/C15H14BrNO2S2/c1-12-8-10-15(11-9-12)21(18,19)17-20(13(2)16)14-6-4-3-5-7-14/h3-11H,2H2,1H3. The van der Waals surface area contributed by atoms with Gasteiger partial charge in [-0.25, -0.2) is 0 Å². The number of nitrogens with zero attached hydrogens (tertiary/aromatic N) is 1. The minimum Gasteiger partial charge on any atom is -0.199 e. The zero-order valence-electron chi connectivity index (χ0n) is 11.4. The Kier molecular flexibility index (Phi) is 5.13. The van der Waals surface area contributed by atoms with Gasteiger partial charge in [-0.1, -0.05) is 42.5 Å². The molecule has 0 amide bonds. The van der Waals surface area contributed by atoms with Crippen LogP contribution >= 0.6 is 15.9 Å². The Labute approximate surface area is 136 Å². The Morgan fingerprint density at radius 2 is 1.67 bits per heavy atom. The highest BCUT2D eigenvalue weighted by Gasteiger charge is 2.15. The number of benzene rings is 2. The maximum atomic E-state index is 12.4. The highest BCUT2D eigenvalue weighted by Crippen LogP contribution is 2.24. The number of halogens is 1. The van der Waals surface area contributed by atoms with Crippen molar-refractivity contribution in [1.29, 1.82) is 0 Å². The lowest BCUT2D eigenvalue weighted by molar-refractivity contribution is 0.598. The molecule has 0 aromatic heterocycles. The van der Waals surface area contributed by atoms with Gasteiger partial charge in [0.15, 0.2) is 0 Å². The van der Waals surface area contributed by atoms with Gasteiger partial charge in [0.25, 0.3) is 10.0 Å². The molecule has 0 aliphatic carbocycles. The average Bonchev–Trinajstić information content (AvgIpc) is 2.46. The molecule has 0 saturated carbocycles.